The standard InChI is InChI=1S/C25H35N7O2/c1-30(2)25(19-6-4-3-5-7-19)10-8-24(9-11-25)18-32(23(34)29-24)20-16-27-21(28-17-20)22(33)31-14-12-26-13-15-31/h4,6-7,16-17,26H,3,5,8-15,18H2,1-2H3,(H,29,34)/t24-,25+. The Morgan fingerprint density at radius 3 is 2.38 bits per heavy atom. The molecule has 34 heavy (non-hydrogen) atoms. The first-order chi connectivity index (χ1) is 16.4. The van der Waals surface area contributed by atoms with E-state index in [0.717, 1.165) is 51.6 Å². The van der Waals surface area contributed by atoms with Crippen molar-refractivity contribution in [3.8, 4) is 0 Å². The molecule has 3 fully saturated rings. The predicted molar refractivity (Wildman–Crippen MR) is 131 cm³/mol. The van der Waals surface area contributed by atoms with Crippen molar-refractivity contribution in [1.82, 2.24) is 30.4 Å². The number of amides is 3. The molecule has 2 saturated heterocycles. The molecule has 0 aromatic carbocycles. The zero-order valence-corrected chi connectivity index (χ0v) is 20.2. The van der Waals surface area contributed by atoms with Gasteiger partial charge in [-0.1, -0.05) is 18.2 Å². The van der Waals surface area contributed by atoms with Gasteiger partial charge in [0.25, 0.3) is 5.91 Å². The van der Waals surface area contributed by atoms with Crippen LogP contribution in [0.5, 0.6) is 0 Å². The van der Waals surface area contributed by atoms with Crippen molar-refractivity contribution in [2.75, 3.05) is 51.7 Å². The molecule has 0 unspecified atom stereocenters. The molecule has 2 N–H and O–H groups in total. The second kappa shape index (κ2) is 9.11. The SMILES string of the molecule is CN(C)[C@]1(C2=CCCC=C2)CC[C@]2(CC1)CN(c1cnc(C(=O)N3CCNCC3)nc1)C(=O)N2. The number of aromatic nitrogens is 2. The third-order valence-corrected chi connectivity index (χ3v) is 8.05. The van der Waals surface area contributed by atoms with Crippen LogP contribution in [0.15, 0.2) is 36.2 Å². The van der Waals surface area contributed by atoms with Gasteiger partial charge in [0.2, 0.25) is 5.82 Å². The number of carbonyl (C=O) groups excluding carboxylic acids is 2. The van der Waals surface area contributed by atoms with Gasteiger partial charge in [-0.3, -0.25) is 14.6 Å². The summed E-state index contributed by atoms with van der Waals surface area (Å²) in [6.07, 6.45) is 16.2. The van der Waals surface area contributed by atoms with E-state index in [1.807, 2.05) is 0 Å². The molecule has 1 spiro atoms. The van der Waals surface area contributed by atoms with E-state index >= 15 is 0 Å². The minimum Gasteiger partial charge on any atom is -0.333 e. The van der Waals surface area contributed by atoms with Crippen LogP contribution in [0.25, 0.3) is 0 Å². The largest absolute Gasteiger partial charge is 0.333 e. The van der Waals surface area contributed by atoms with Crippen molar-refractivity contribution in [2.45, 2.75) is 49.6 Å². The first kappa shape index (κ1) is 23.0. The summed E-state index contributed by atoms with van der Waals surface area (Å²) in [6, 6.07) is -0.112. The van der Waals surface area contributed by atoms with E-state index in [9.17, 15) is 9.59 Å². The molecule has 3 amide bonds. The van der Waals surface area contributed by atoms with E-state index in [4.69, 9.17) is 0 Å². The topological polar surface area (TPSA) is 93.7 Å². The van der Waals surface area contributed by atoms with Crippen LogP contribution < -0.4 is 15.5 Å². The summed E-state index contributed by atoms with van der Waals surface area (Å²) in [5, 5.41) is 6.52. The quantitative estimate of drug-likeness (QED) is 0.706. The molecule has 1 aromatic heterocycles. The molecule has 0 atom stereocenters. The van der Waals surface area contributed by atoms with Gasteiger partial charge in [-0.05, 0) is 58.2 Å². The molecule has 1 saturated carbocycles. The minimum atomic E-state index is -0.245. The van der Waals surface area contributed by atoms with Gasteiger partial charge < -0.3 is 15.5 Å². The van der Waals surface area contributed by atoms with E-state index in [2.05, 4.69) is 57.8 Å². The second-order valence-corrected chi connectivity index (χ2v) is 10.2. The highest BCUT2D eigenvalue weighted by molar-refractivity contribution is 5.95. The summed E-state index contributed by atoms with van der Waals surface area (Å²) in [6.45, 7) is 3.47. The molecule has 2 aliphatic carbocycles. The van der Waals surface area contributed by atoms with Gasteiger partial charge in [0.05, 0.1) is 30.2 Å². The molecule has 3 heterocycles. The van der Waals surface area contributed by atoms with Crippen LogP contribution in [0.1, 0.15) is 49.1 Å². The van der Waals surface area contributed by atoms with Crippen LogP contribution in [0.2, 0.25) is 0 Å². The Hall–Kier alpha value is -2.78. The van der Waals surface area contributed by atoms with Gasteiger partial charge in [0.1, 0.15) is 0 Å². The molecule has 0 radical (unpaired) electrons. The number of anilines is 1. The number of nitrogens with zero attached hydrogens (tertiary/aromatic N) is 5. The van der Waals surface area contributed by atoms with Gasteiger partial charge in [0, 0.05) is 31.7 Å². The van der Waals surface area contributed by atoms with Crippen LogP contribution in [0.4, 0.5) is 10.5 Å². The molecule has 182 valence electrons. The van der Waals surface area contributed by atoms with Crippen molar-refractivity contribution in [2.24, 2.45) is 0 Å². The lowest BCUT2D eigenvalue weighted by Crippen LogP contribution is -2.56. The van der Waals surface area contributed by atoms with Gasteiger partial charge in [-0.15, -0.1) is 0 Å². The van der Waals surface area contributed by atoms with Crippen molar-refractivity contribution >= 4 is 17.6 Å². The highest BCUT2D eigenvalue weighted by Crippen LogP contribution is 2.45. The summed E-state index contributed by atoms with van der Waals surface area (Å²) >= 11 is 0. The van der Waals surface area contributed by atoms with Gasteiger partial charge >= 0.3 is 6.03 Å². The Morgan fingerprint density at radius 1 is 1.06 bits per heavy atom. The molecule has 4 aliphatic rings. The monoisotopic (exact) mass is 465 g/mol. The summed E-state index contributed by atoms with van der Waals surface area (Å²) in [5.41, 5.74) is 1.83. The summed E-state index contributed by atoms with van der Waals surface area (Å²) in [4.78, 5) is 40.1. The van der Waals surface area contributed by atoms with Crippen molar-refractivity contribution in [1.29, 1.82) is 0 Å². The fourth-order valence-corrected chi connectivity index (χ4v) is 5.88. The fraction of sp³-hybridized carbons (Fsp3) is 0.600. The number of nitrogens with one attached hydrogen (secondary N) is 2. The number of carbonyl (C=O) groups is 2. The zero-order valence-electron chi connectivity index (χ0n) is 20.2. The first-order valence-corrected chi connectivity index (χ1v) is 12.4. The highest BCUT2D eigenvalue weighted by atomic mass is 16.2. The van der Waals surface area contributed by atoms with Crippen LogP contribution in [0, 0.1) is 0 Å². The number of likely N-dealkylation sites (N-methyl/N-ethyl adjacent to an activating group) is 1. The van der Waals surface area contributed by atoms with Gasteiger partial charge in [0.15, 0.2) is 0 Å². The number of rotatable bonds is 4. The molecule has 9 heteroatoms. The lowest BCUT2D eigenvalue weighted by Gasteiger charge is -2.49. The maximum absolute atomic E-state index is 13.0. The summed E-state index contributed by atoms with van der Waals surface area (Å²) in [5.74, 6) is 0.0241. The lowest BCUT2D eigenvalue weighted by molar-refractivity contribution is 0.0723. The van der Waals surface area contributed by atoms with E-state index < -0.39 is 0 Å². The van der Waals surface area contributed by atoms with E-state index in [1.165, 1.54) is 5.57 Å². The first-order valence-electron chi connectivity index (χ1n) is 12.4. The van der Waals surface area contributed by atoms with Crippen LogP contribution >= 0.6 is 0 Å². The highest BCUT2D eigenvalue weighted by Gasteiger charge is 2.50. The maximum Gasteiger partial charge on any atom is 0.322 e. The molecular weight excluding hydrogens is 430 g/mol. The van der Waals surface area contributed by atoms with Crippen molar-refractivity contribution in [3.05, 3.63) is 42.0 Å². The number of piperazine rings is 1. The smallest absolute Gasteiger partial charge is 0.322 e. The second-order valence-electron chi connectivity index (χ2n) is 10.2. The number of hydrogen-bond acceptors (Lipinski definition) is 6. The lowest BCUT2D eigenvalue weighted by atomic mass is 9.68. The van der Waals surface area contributed by atoms with E-state index in [1.54, 1.807) is 22.2 Å². The van der Waals surface area contributed by atoms with Gasteiger partial charge in [-0.25, -0.2) is 14.8 Å². The third-order valence-electron chi connectivity index (χ3n) is 8.05. The van der Waals surface area contributed by atoms with Crippen LogP contribution in [0.3, 0.4) is 0 Å². The van der Waals surface area contributed by atoms with E-state index in [-0.39, 0.29) is 28.8 Å². The van der Waals surface area contributed by atoms with E-state index in [0.29, 0.717) is 25.3 Å². The molecule has 9 nitrogen and oxygen atoms in total. The molecular formula is C25H35N7O2. The Kier molecular flexibility index (Phi) is 6.16. The summed E-state index contributed by atoms with van der Waals surface area (Å²) < 4.78 is 0. The average Bonchev–Trinajstić information content (AvgIpc) is 3.20. The minimum absolute atomic E-state index is 0.0232. The Morgan fingerprint density at radius 2 is 1.76 bits per heavy atom. The Bertz CT molecular complexity index is 987. The van der Waals surface area contributed by atoms with Crippen LogP contribution in [-0.2, 0) is 0 Å². The molecule has 2 aliphatic heterocycles. The molecule has 5 rings (SSSR count). The number of hydrogen-bond donors (Lipinski definition) is 2. The Balaban J connectivity index is 1.27. The Labute approximate surface area is 201 Å². The average molecular weight is 466 g/mol. The third kappa shape index (κ3) is 4.11. The predicted octanol–water partition coefficient (Wildman–Crippen LogP) is 1.94. The molecule has 0 bridgehead atoms. The number of allylic oxidation sites excluding steroid dienone is 2. The van der Waals surface area contributed by atoms with Crippen LogP contribution in [-0.4, -0.2) is 89.6 Å². The maximum atomic E-state index is 13.0. The van der Waals surface area contributed by atoms with Crippen molar-refractivity contribution in [3.63, 3.8) is 0 Å². The van der Waals surface area contributed by atoms with Gasteiger partial charge in [-0.2, -0.15) is 0 Å². The normalized spacial score (nSPS) is 29.5. The fourth-order valence-electron chi connectivity index (χ4n) is 5.88. The molecule has 1 aromatic rings. The number of urea groups is 1. The summed E-state index contributed by atoms with van der Waals surface area (Å²) in [7, 11) is 4.34. The van der Waals surface area contributed by atoms with Crippen molar-refractivity contribution < 1.29 is 9.59 Å². The zero-order chi connectivity index (χ0) is 23.8.